The highest BCUT2D eigenvalue weighted by Crippen LogP contribution is 2.38. The molecule has 2 aliphatic carbocycles. The van der Waals surface area contributed by atoms with Gasteiger partial charge in [0.05, 0.1) is 11.4 Å². The maximum absolute atomic E-state index is 13.3. The highest BCUT2D eigenvalue weighted by atomic mass is 19.3. The van der Waals surface area contributed by atoms with Crippen molar-refractivity contribution in [2.45, 2.75) is 72.3 Å². The van der Waals surface area contributed by atoms with Gasteiger partial charge in [0.2, 0.25) is 0 Å². The van der Waals surface area contributed by atoms with Crippen LogP contribution in [-0.2, 0) is 4.79 Å². The number of fused-ring (bicyclic) bond motifs is 1. The first kappa shape index (κ1) is 32.0. The van der Waals surface area contributed by atoms with Crippen molar-refractivity contribution in [3.63, 3.8) is 0 Å². The van der Waals surface area contributed by atoms with Gasteiger partial charge in [-0.05, 0) is 97.5 Å². The summed E-state index contributed by atoms with van der Waals surface area (Å²) in [5, 5.41) is 3.46. The molecule has 0 saturated heterocycles. The van der Waals surface area contributed by atoms with E-state index in [0.29, 0.717) is 24.3 Å². The van der Waals surface area contributed by atoms with Crippen LogP contribution in [0.15, 0.2) is 84.6 Å². The molecule has 1 heterocycles. The van der Waals surface area contributed by atoms with E-state index in [1.165, 1.54) is 18.6 Å². The maximum atomic E-state index is 13.3. The smallest absolute Gasteiger partial charge is 0.387 e. The molecule has 0 amide bonds. The lowest BCUT2D eigenvalue weighted by atomic mass is 9.87. The third kappa shape index (κ3) is 8.21. The van der Waals surface area contributed by atoms with E-state index in [1.54, 1.807) is 18.3 Å². The van der Waals surface area contributed by atoms with Gasteiger partial charge in [0.1, 0.15) is 5.75 Å². The first-order chi connectivity index (χ1) is 21.7. The van der Waals surface area contributed by atoms with E-state index in [-0.39, 0.29) is 23.2 Å². The molecule has 0 aromatic heterocycles. The minimum atomic E-state index is -2.87. The van der Waals surface area contributed by atoms with Gasteiger partial charge in [0.25, 0.3) is 0 Å². The van der Waals surface area contributed by atoms with Crippen LogP contribution >= 0.6 is 0 Å². The van der Waals surface area contributed by atoms with Crippen LogP contribution in [0.4, 0.5) is 20.2 Å². The lowest BCUT2D eigenvalue weighted by Gasteiger charge is -2.17. The number of allylic oxidation sites excluding steroid dienone is 2. The van der Waals surface area contributed by atoms with Crippen molar-refractivity contribution in [2.24, 2.45) is 11.8 Å². The summed E-state index contributed by atoms with van der Waals surface area (Å²) in [6.45, 7) is 3.30. The van der Waals surface area contributed by atoms with Gasteiger partial charge in [-0.15, -0.1) is 0 Å². The van der Waals surface area contributed by atoms with Crippen molar-refractivity contribution in [3.05, 3.63) is 95.7 Å². The van der Waals surface area contributed by atoms with Gasteiger partial charge >= 0.3 is 6.61 Å². The van der Waals surface area contributed by atoms with Crippen molar-refractivity contribution in [2.75, 3.05) is 5.32 Å². The molecule has 2 atom stereocenters. The minimum absolute atomic E-state index is 0.0331. The average molecular weight is 611 g/mol. The van der Waals surface area contributed by atoms with Gasteiger partial charge in [0, 0.05) is 41.4 Å². The van der Waals surface area contributed by atoms with Crippen molar-refractivity contribution in [1.82, 2.24) is 4.98 Å². The van der Waals surface area contributed by atoms with E-state index in [1.807, 2.05) is 56.3 Å². The van der Waals surface area contributed by atoms with Gasteiger partial charge in [-0.1, -0.05) is 56.7 Å². The van der Waals surface area contributed by atoms with E-state index >= 15 is 0 Å². The Bertz CT molecular complexity index is 1650. The van der Waals surface area contributed by atoms with Gasteiger partial charge in [-0.3, -0.25) is 14.6 Å². The first-order valence-electron chi connectivity index (χ1n) is 15.7. The number of hydrogen-bond acceptors (Lipinski definition) is 5. The van der Waals surface area contributed by atoms with Gasteiger partial charge < -0.3 is 10.1 Å². The lowest BCUT2D eigenvalue weighted by molar-refractivity contribution is -0.116. The Morgan fingerprint density at radius 2 is 1.73 bits per heavy atom. The number of nitrogens with one attached hydrogen (secondary N) is 1. The molecule has 45 heavy (non-hydrogen) atoms. The Hall–Kier alpha value is -4.39. The molecule has 0 radical (unpaired) electrons. The Kier molecular flexibility index (Phi) is 10.4. The quantitative estimate of drug-likeness (QED) is 0.171. The van der Waals surface area contributed by atoms with Crippen LogP contribution in [0.25, 0.3) is 22.4 Å². The number of benzene rings is 2. The summed E-state index contributed by atoms with van der Waals surface area (Å²) in [5.41, 5.74) is 7.45. The van der Waals surface area contributed by atoms with Crippen molar-refractivity contribution < 1.29 is 23.1 Å². The van der Waals surface area contributed by atoms with Crippen molar-refractivity contribution in [1.29, 1.82) is 0 Å². The molecule has 3 aliphatic rings. The molecule has 0 saturated carbocycles. The molecule has 2 aromatic rings. The second kappa shape index (κ2) is 14.6. The number of hydrogen-bond donors (Lipinski definition) is 1. The molecular weight excluding hydrogens is 570 g/mol. The molecule has 5 rings (SSSR count). The molecule has 1 N–H and O–H groups in total. The number of aromatic nitrogens is 1. The summed E-state index contributed by atoms with van der Waals surface area (Å²) >= 11 is 0. The minimum Gasteiger partial charge on any atom is -0.435 e. The summed E-state index contributed by atoms with van der Waals surface area (Å²) < 4.78 is 29.6. The van der Waals surface area contributed by atoms with Crippen LogP contribution in [0.1, 0.15) is 74.7 Å². The number of rotatable bonds is 11. The fourth-order valence-electron chi connectivity index (χ4n) is 6.11. The summed E-state index contributed by atoms with van der Waals surface area (Å²) in [6.07, 6.45) is 9.82. The molecule has 2 aromatic carbocycles. The summed E-state index contributed by atoms with van der Waals surface area (Å²) in [6, 6.07) is 20.0. The predicted molar refractivity (Wildman–Crippen MR) is 175 cm³/mol. The van der Waals surface area contributed by atoms with E-state index in [0.717, 1.165) is 70.6 Å². The van der Waals surface area contributed by atoms with Crippen LogP contribution in [-0.4, -0.2) is 23.2 Å². The molecule has 0 fully saturated rings. The zero-order chi connectivity index (χ0) is 31.9. The van der Waals surface area contributed by atoms with Gasteiger partial charge in [-0.25, -0.2) is 0 Å². The van der Waals surface area contributed by atoms with Gasteiger partial charge in [-0.2, -0.15) is 8.78 Å². The van der Waals surface area contributed by atoms with E-state index in [2.05, 4.69) is 28.0 Å². The Morgan fingerprint density at radius 1 is 0.978 bits per heavy atom. The SMILES string of the molecule is Cc1cc(Nc2ccccc3c(-c4ccc(OC(F)F)cc4)cnc2-3)ccc1C(=O)CC(C)CC(=O)/C1=C/CCCC(C)CC1. The largest absolute Gasteiger partial charge is 0.435 e. The summed E-state index contributed by atoms with van der Waals surface area (Å²) in [7, 11) is 0. The van der Waals surface area contributed by atoms with E-state index in [9.17, 15) is 18.4 Å². The third-order valence-electron chi connectivity index (χ3n) is 8.58. The fourth-order valence-corrected chi connectivity index (χ4v) is 6.11. The second-order valence-corrected chi connectivity index (χ2v) is 12.3. The van der Waals surface area contributed by atoms with E-state index < -0.39 is 6.61 Å². The Morgan fingerprint density at radius 3 is 2.49 bits per heavy atom. The van der Waals surface area contributed by atoms with Crippen LogP contribution in [0, 0.1) is 18.8 Å². The standard InChI is InChI=1S/C38H40F2N2O3/c1-24-8-4-5-9-28(13-12-24)35(43)20-25(2)21-36(44)31-19-16-29(22-26(31)3)42-34-11-7-6-10-32-33(23-41-37(32)34)27-14-17-30(18-15-27)45-38(39)40/h6-7,9-11,14-19,22-25,38,42H,4-5,8,12-13,20-21H2,1-3H3/b28-9+. The second-order valence-electron chi connectivity index (χ2n) is 12.3. The zero-order valence-electron chi connectivity index (χ0n) is 26.1. The zero-order valence-corrected chi connectivity index (χ0v) is 26.1. The Balaban J connectivity index is 1.24. The number of Topliss-reactive ketones (excluding diaryl/α,β-unsaturated/α-hetero) is 2. The molecular formula is C38H40F2N2O3. The van der Waals surface area contributed by atoms with Crippen LogP contribution in [0.2, 0.25) is 0 Å². The third-order valence-corrected chi connectivity index (χ3v) is 8.58. The van der Waals surface area contributed by atoms with Gasteiger partial charge in [0.15, 0.2) is 11.6 Å². The molecule has 7 heteroatoms. The van der Waals surface area contributed by atoms with Crippen LogP contribution < -0.4 is 10.1 Å². The number of carbonyl (C=O) groups is 2. The summed E-state index contributed by atoms with van der Waals surface area (Å²) in [4.78, 5) is 31.0. The number of anilines is 2. The van der Waals surface area contributed by atoms with Crippen LogP contribution in [0.5, 0.6) is 5.75 Å². The molecule has 234 valence electrons. The van der Waals surface area contributed by atoms with E-state index in [4.69, 9.17) is 0 Å². The first-order valence-corrected chi connectivity index (χ1v) is 15.7. The predicted octanol–water partition coefficient (Wildman–Crippen LogP) is 10.2. The number of nitrogens with zero attached hydrogens (tertiary/aromatic N) is 1. The van der Waals surface area contributed by atoms with Crippen LogP contribution in [0.3, 0.4) is 0 Å². The normalized spacial score (nSPS) is 17.2. The molecule has 0 spiro atoms. The molecule has 1 aliphatic heterocycles. The number of alkyl halides is 2. The maximum Gasteiger partial charge on any atom is 0.387 e. The molecule has 5 nitrogen and oxygen atoms in total. The summed E-state index contributed by atoms with van der Waals surface area (Å²) in [5.74, 6) is 0.945. The van der Waals surface area contributed by atoms with Crippen molar-refractivity contribution >= 4 is 22.9 Å². The lowest BCUT2D eigenvalue weighted by Crippen LogP contribution is -2.14. The number of ether oxygens (including phenoxy) is 1. The van der Waals surface area contributed by atoms with Crippen molar-refractivity contribution in [3.8, 4) is 28.1 Å². The highest BCUT2D eigenvalue weighted by Gasteiger charge is 2.21. The average Bonchev–Trinajstić information content (AvgIpc) is 3.30. The molecule has 2 unspecified atom stereocenters. The monoisotopic (exact) mass is 610 g/mol. The highest BCUT2D eigenvalue weighted by molar-refractivity contribution is 5.99. The Labute approximate surface area is 264 Å². The number of ketones is 2. The number of aryl methyl sites for hydroxylation is 1. The fraction of sp³-hybridized carbons (Fsp3) is 0.342. The number of halogens is 2. The topological polar surface area (TPSA) is 68.3 Å². The number of carbonyl (C=O) groups excluding carboxylic acids is 2. The molecule has 0 bridgehead atoms.